The average molecular weight is 436 g/mol. The molecule has 1 unspecified atom stereocenters. The summed E-state index contributed by atoms with van der Waals surface area (Å²) in [6.45, 7) is 0. The number of benzene rings is 2. The molecule has 1 heterocycles. The fourth-order valence-electron chi connectivity index (χ4n) is 2.85. The number of halogens is 2. The van der Waals surface area contributed by atoms with Crippen LogP contribution in [0.2, 0.25) is 5.02 Å². The van der Waals surface area contributed by atoms with E-state index in [4.69, 9.17) is 16.3 Å². The van der Waals surface area contributed by atoms with Gasteiger partial charge in [0.05, 0.1) is 12.1 Å². The Kier molecular flexibility index (Phi) is 5.34. The number of esters is 1. The number of amides is 1. The second kappa shape index (κ2) is 7.51. The van der Waals surface area contributed by atoms with Gasteiger partial charge in [-0.15, -0.1) is 0 Å². The van der Waals surface area contributed by atoms with Gasteiger partial charge in [0.1, 0.15) is 5.69 Å². The number of aryl methyl sites for hydroxylation is 1. The molecule has 1 N–H and O–H groups in total. The third-order valence-electron chi connectivity index (χ3n) is 4.18. The van der Waals surface area contributed by atoms with Crippen LogP contribution in [0.5, 0.6) is 0 Å². The zero-order chi connectivity index (χ0) is 18.8. The number of hydrogen-bond acceptors (Lipinski definition) is 3. The van der Waals surface area contributed by atoms with E-state index in [2.05, 4.69) is 21.2 Å². The van der Waals surface area contributed by atoms with Gasteiger partial charge in [-0.05, 0) is 23.8 Å². The lowest BCUT2D eigenvalue weighted by Crippen LogP contribution is -2.35. The van der Waals surface area contributed by atoms with Crippen LogP contribution in [-0.2, 0) is 16.6 Å². The van der Waals surface area contributed by atoms with Crippen molar-refractivity contribution >= 4 is 50.3 Å². The molecule has 0 aliphatic rings. The monoisotopic (exact) mass is 434 g/mol. The summed E-state index contributed by atoms with van der Waals surface area (Å²) >= 11 is 9.77. The number of rotatable bonds is 4. The van der Waals surface area contributed by atoms with Crippen LogP contribution in [0.4, 0.5) is 0 Å². The van der Waals surface area contributed by atoms with Crippen molar-refractivity contribution in [3.05, 3.63) is 69.3 Å². The molecule has 0 radical (unpaired) electrons. The maximum atomic E-state index is 12.9. The number of hydrogen-bond donors (Lipinski definition) is 1. The maximum absolute atomic E-state index is 12.9. The fraction of sp³-hybridized carbons (Fsp3) is 0.158. The first-order valence-corrected chi connectivity index (χ1v) is 8.98. The number of ether oxygens (including phenoxy) is 1. The lowest BCUT2D eigenvalue weighted by molar-refractivity contribution is -0.143. The van der Waals surface area contributed by atoms with Crippen molar-refractivity contribution < 1.29 is 14.3 Å². The third-order valence-corrected chi connectivity index (χ3v) is 5.09. The summed E-state index contributed by atoms with van der Waals surface area (Å²) in [6.07, 6.45) is 0. The van der Waals surface area contributed by atoms with Crippen molar-refractivity contribution in [2.75, 3.05) is 7.11 Å². The van der Waals surface area contributed by atoms with Crippen LogP contribution < -0.4 is 5.32 Å². The van der Waals surface area contributed by atoms with Crippen molar-refractivity contribution in [1.82, 2.24) is 9.88 Å². The Bertz CT molecular complexity index is 943. The highest BCUT2D eigenvalue weighted by molar-refractivity contribution is 9.10. The largest absolute Gasteiger partial charge is 0.467 e. The number of carbonyl (C=O) groups is 2. The Morgan fingerprint density at radius 1 is 1.15 bits per heavy atom. The number of aromatic nitrogens is 1. The molecule has 0 saturated heterocycles. The lowest BCUT2D eigenvalue weighted by Gasteiger charge is -2.17. The molecule has 0 fully saturated rings. The third kappa shape index (κ3) is 3.34. The van der Waals surface area contributed by atoms with E-state index in [0.717, 1.165) is 15.4 Å². The molecule has 0 aliphatic carbocycles. The minimum Gasteiger partial charge on any atom is -0.467 e. The van der Waals surface area contributed by atoms with Crippen molar-refractivity contribution in [2.24, 2.45) is 7.05 Å². The van der Waals surface area contributed by atoms with Gasteiger partial charge < -0.3 is 14.6 Å². The van der Waals surface area contributed by atoms with Gasteiger partial charge in [-0.1, -0.05) is 57.9 Å². The van der Waals surface area contributed by atoms with Gasteiger partial charge in [-0.3, -0.25) is 4.79 Å². The summed E-state index contributed by atoms with van der Waals surface area (Å²) in [4.78, 5) is 25.1. The first kappa shape index (κ1) is 18.5. The molecule has 1 amide bonds. The van der Waals surface area contributed by atoms with E-state index in [1.807, 2.05) is 24.3 Å². The van der Waals surface area contributed by atoms with Crippen LogP contribution in [0.3, 0.4) is 0 Å². The predicted molar refractivity (Wildman–Crippen MR) is 104 cm³/mol. The molecule has 2 aromatic carbocycles. The van der Waals surface area contributed by atoms with Gasteiger partial charge in [0.25, 0.3) is 5.91 Å². The van der Waals surface area contributed by atoms with Gasteiger partial charge in [0.15, 0.2) is 6.04 Å². The highest BCUT2D eigenvalue weighted by atomic mass is 79.9. The number of para-hydroxylation sites is 1. The van der Waals surface area contributed by atoms with Crippen LogP contribution in [0.15, 0.2) is 53.0 Å². The van der Waals surface area contributed by atoms with Gasteiger partial charge in [-0.2, -0.15) is 0 Å². The molecule has 7 heteroatoms. The zero-order valence-electron chi connectivity index (χ0n) is 14.1. The summed E-state index contributed by atoms with van der Waals surface area (Å²) in [5, 5.41) is 3.85. The van der Waals surface area contributed by atoms with Gasteiger partial charge in [0, 0.05) is 22.4 Å². The molecule has 3 aromatic rings. The Balaban J connectivity index is 1.98. The minimum absolute atomic E-state index is 0.291. The van der Waals surface area contributed by atoms with E-state index in [1.54, 1.807) is 35.9 Å². The highest BCUT2D eigenvalue weighted by Gasteiger charge is 2.27. The van der Waals surface area contributed by atoms with Crippen molar-refractivity contribution in [3.63, 3.8) is 0 Å². The fourth-order valence-corrected chi connectivity index (χ4v) is 3.49. The summed E-state index contributed by atoms with van der Waals surface area (Å²) in [5.41, 5.74) is 1.74. The summed E-state index contributed by atoms with van der Waals surface area (Å²) in [5.74, 6) is -1.01. The molecule has 26 heavy (non-hydrogen) atoms. The minimum atomic E-state index is -0.935. The van der Waals surface area contributed by atoms with Crippen molar-refractivity contribution in [3.8, 4) is 0 Å². The topological polar surface area (TPSA) is 60.3 Å². The number of nitrogens with one attached hydrogen (secondary N) is 1. The Hall–Kier alpha value is -2.31. The van der Waals surface area contributed by atoms with Gasteiger partial charge in [-0.25, -0.2) is 4.79 Å². The number of nitrogens with zero attached hydrogens (tertiary/aromatic N) is 1. The van der Waals surface area contributed by atoms with E-state index in [-0.39, 0.29) is 0 Å². The Labute approximate surface area is 164 Å². The van der Waals surface area contributed by atoms with Crippen LogP contribution in [-0.4, -0.2) is 23.6 Å². The average Bonchev–Trinajstić information content (AvgIpc) is 2.91. The summed E-state index contributed by atoms with van der Waals surface area (Å²) in [7, 11) is 3.04. The number of methoxy groups -OCH3 is 1. The SMILES string of the molecule is COC(=O)C(NC(=O)c1c(Cl)c2ccccc2n1C)c1ccc(Br)cc1. The van der Waals surface area contributed by atoms with E-state index < -0.39 is 17.9 Å². The number of fused-ring (bicyclic) bond motifs is 1. The van der Waals surface area contributed by atoms with Crippen molar-refractivity contribution in [1.29, 1.82) is 0 Å². The van der Waals surface area contributed by atoms with Gasteiger partial charge in [0.2, 0.25) is 0 Å². The standard InChI is InChI=1S/C19H16BrClN2O3/c1-23-14-6-4-3-5-13(14)15(21)17(23)18(24)22-16(19(25)26-2)11-7-9-12(20)10-8-11/h3-10,16H,1-2H3,(H,22,24). The van der Waals surface area contributed by atoms with Crippen LogP contribution >= 0.6 is 27.5 Å². The molecule has 0 bridgehead atoms. The Morgan fingerprint density at radius 3 is 2.42 bits per heavy atom. The molecular formula is C19H16BrClN2O3. The summed E-state index contributed by atoms with van der Waals surface area (Å²) < 4.78 is 7.43. The maximum Gasteiger partial charge on any atom is 0.333 e. The lowest BCUT2D eigenvalue weighted by atomic mass is 10.1. The molecular weight excluding hydrogens is 420 g/mol. The summed E-state index contributed by atoms with van der Waals surface area (Å²) in [6, 6.07) is 13.6. The van der Waals surface area contributed by atoms with E-state index in [9.17, 15) is 9.59 Å². The van der Waals surface area contributed by atoms with Crippen molar-refractivity contribution in [2.45, 2.75) is 6.04 Å². The predicted octanol–water partition coefficient (Wildman–Crippen LogP) is 4.24. The Morgan fingerprint density at radius 2 is 1.81 bits per heavy atom. The normalized spacial score (nSPS) is 12.0. The van der Waals surface area contributed by atoms with Gasteiger partial charge >= 0.3 is 5.97 Å². The number of carbonyl (C=O) groups excluding carboxylic acids is 2. The van der Waals surface area contributed by atoms with Crippen LogP contribution in [0.25, 0.3) is 10.9 Å². The van der Waals surface area contributed by atoms with E-state index in [1.165, 1.54) is 7.11 Å². The zero-order valence-corrected chi connectivity index (χ0v) is 16.5. The molecule has 134 valence electrons. The molecule has 3 rings (SSSR count). The van der Waals surface area contributed by atoms with E-state index in [0.29, 0.717) is 16.3 Å². The second-order valence-electron chi connectivity index (χ2n) is 5.72. The molecule has 0 aliphatic heterocycles. The molecule has 1 aromatic heterocycles. The highest BCUT2D eigenvalue weighted by Crippen LogP contribution is 2.30. The first-order chi connectivity index (χ1) is 12.4. The molecule has 5 nitrogen and oxygen atoms in total. The second-order valence-corrected chi connectivity index (χ2v) is 7.01. The smallest absolute Gasteiger partial charge is 0.333 e. The molecule has 1 atom stereocenters. The molecule has 0 spiro atoms. The van der Waals surface area contributed by atoms with Crippen LogP contribution in [0, 0.1) is 0 Å². The first-order valence-electron chi connectivity index (χ1n) is 7.81. The van der Waals surface area contributed by atoms with Crippen LogP contribution in [0.1, 0.15) is 22.1 Å². The quantitative estimate of drug-likeness (QED) is 0.624. The van der Waals surface area contributed by atoms with E-state index >= 15 is 0 Å². The molecule has 0 saturated carbocycles.